The van der Waals surface area contributed by atoms with Crippen LogP contribution in [0, 0.1) is 57.7 Å². The van der Waals surface area contributed by atoms with Gasteiger partial charge >= 0.3 is 11.9 Å². The highest BCUT2D eigenvalue weighted by molar-refractivity contribution is 6.00. The van der Waals surface area contributed by atoms with Crippen molar-refractivity contribution in [2.24, 2.45) is 57.7 Å². The van der Waals surface area contributed by atoms with Crippen LogP contribution in [0.1, 0.15) is 103 Å². The number of ether oxygens (including phenoxy) is 4. The van der Waals surface area contributed by atoms with Crippen LogP contribution in [0.2, 0.25) is 0 Å². The molecule has 240 valence electrons. The summed E-state index contributed by atoms with van der Waals surface area (Å²) in [4.78, 5) is 30.4. The van der Waals surface area contributed by atoms with Crippen molar-refractivity contribution in [3.05, 3.63) is 35.4 Å². The summed E-state index contributed by atoms with van der Waals surface area (Å²) in [6.45, 7) is 13.9. The van der Waals surface area contributed by atoms with E-state index in [0.717, 1.165) is 25.7 Å². The molecule has 0 radical (unpaired) electrons. The Bertz CT molecular complexity index is 1350. The van der Waals surface area contributed by atoms with Crippen molar-refractivity contribution in [3.63, 3.8) is 0 Å². The predicted molar refractivity (Wildman–Crippen MR) is 166 cm³/mol. The molecule has 1 aromatic rings. The number of benzene rings is 1. The van der Waals surface area contributed by atoms with E-state index >= 15 is 9.59 Å². The molecule has 1 aromatic carbocycles. The Balaban J connectivity index is 1.25. The lowest BCUT2D eigenvalue weighted by Gasteiger charge is -2.87. The molecule has 0 unspecified atom stereocenters. The zero-order chi connectivity index (χ0) is 30.9. The van der Waals surface area contributed by atoms with Crippen LogP contribution < -0.4 is 0 Å². The molecule has 44 heavy (non-hydrogen) atoms. The summed E-state index contributed by atoms with van der Waals surface area (Å²) in [5.41, 5.74) is -0.197. The van der Waals surface area contributed by atoms with Gasteiger partial charge in [-0.2, -0.15) is 0 Å². The van der Waals surface area contributed by atoms with Crippen molar-refractivity contribution in [2.75, 3.05) is 13.7 Å². The molecule has 8 rings (SSSR count). The van der Waals surface area contributed by atoms with Crippen LogP contribution in [-0.2, 0) is 28.5 Å². The van der Waals surface area contributed by atoms with Gasteiger partial charge in [-0.25, -0.2) is 0 Å². The number of hydrogen-bond donors (Lipinski definition) is 0. The molecule has 1 saturated heterocycles. The zero-order valence-electron chi connectivity index (χ0n) is 27.7. The van der Waals surface area contributed by atoms with Gasteiger partial charge in [-0.3, -0.25) is 9.59 Å². The highest BCUT2D eigenvalue weighted by Crippen LogP contribution is 3.00. The van der Waals surface area contributed by atoms with E-state index in [9.17, 15) is 0 Å². The fourth-order valence-electron chi connectivity index (χ4n) is 12.7. The van der Waals surface area contributed by atoms with Gasteiger partial charge in [0, 0.05) is 30.3 Å². The molecule has 0 bridgehead atoms. The smallest absolute Gasteiger partial charge is 0.315 e. The molecule has 5 saturated carbocycles. The summed E-state index contributed by atoms with van der Waals surface area (Å²) in [6, 6.07) is 8.48. The minimum atomic E-state index is -1.02. The van der Waals surface area contributed by atoms with Crippen molar-refractivity contribution < 1.29 is 28.5 Å². The third-order valence-corrected chi connectivity index (χ3v) is 14.3. The van der Waals surface area contributed by atoms with Crippen LogP contribution in [0.25, 0.3) is 0 Å². The number of fused-ring (bicyclic) bond motifs is 5. The van der Waals surface area contributed by atoms with Gasteiger partial charge in [0.25, 0.3) is 0 Å². The van der Waals surface area contributed by atoms with Crippen LogP contribution >= 0.6 is 0 Å². The van der Waals surface area contributed by atoms with E-state index in [4.69, 9.17) is 18.9 Å². The molecule has 6 fully saturated rings. The van der Waals surface area contributed by atoms with Crippen molar-refractivity contribution in [1.82, 2.24) is 0 Å². The van der Waals surface area contributed by atoms with E-state index in [-0.39, 0.29) is 54.1 Å². The lowest BCUT2D eigenvalue weighted by atomic mass is 9.10. The van der Waals surface area contributed by atoms with Gasteiger partial charge in [-0.15, -0.1) is 0 Å². The summed E-state index contributed by atoms with van der Waals surface area (Å²) in [7, 11) is 1.72. The van der Waals surface area contributed by atoms with Gasteiger partial charge in [0.1, 0.15) is 23.0 Å². The summed E-state index contributed by atoms with van der Waals surface area (Å²) >= 11 is 0. The Morgan fingerprint density at radius 1 is 0.841 bits per heavy atom. The van der Waals surface area contributed by atoms with E-state index in [1.54, 1.807) is 7.11 Å². The molecule has 6 nitrogen and oxygen atoms in total. The first-order chi connectivity index (χ1) is 21.1. The molecular weight excluding hydrogens is 552 g/mol. The Hall–Kier alpha value is -1.92. The van der Waals surface area contributed by atoms with Gasteiger partial charge in [-0.05, 0) is 72.3 Å². The quantitative estimate of drug-likeness (QED) is 0.301. The lowest BCUT2D eigenvalue weighted by molar-refractivity contribution is -0.387. The normalized spacial score (nSPS) is 49.0. The number of rotatable bonds is 8. The van der Waals surface area contributed by atoms with Gasteiger partial charge < -0.3 is 18.9 Å². The maximum absolute atomic E-state index is 15.3. The number of esters is 2. The second kappa shape index (κ2) is 9.80. The largest absolute Gasteiger partial charge is 0.462 e. The standard InChI is InChI=1S/C38H52O6/c1-19(2)23-14-12-21(5)16-27(23)42-34(39)37-29-25-10-8-9-11-26(25)30-33-36(18-41-7,32(37)31(29)44-33)38(30,37)35(40)43-28-17-22(6)13-15-24(28)20(3)4/h8-11,19-24,27-33H,12-18H2,1-7H3/t21-,22-,23+,24+,27-,28-,29+,30-,31-,32+,33+,36+,37+,38+/m1/s1. The average Bonchev–Trinajstić information content (AvgIpc) is 3.14. The molecule has 0 amide bonds. The van der Waals surface area contributed by atoms with Crippen LogP contribution in [-0.4, -0.2) is 50.1 Å². The monoisotopic (exact) mass is 604 g/mol. The van der Waals surface area contributed by atoms with E-state index in [1.807, 2.05) is 0 Å². The maximum Gasteiger partial charge on any atom is 0.315 e. The minimum Gasteiger partial charge on any atom is -0.462 e. The van der Waals surface area contributed by atoms with Gasteiger partial charge in [0.15, 0.2) is 0 Å². The molecule has 1 heterocycles. The summed E-state index contributed by atoms with van der Waals surface area (Å²) in [5, 5.41) is 0. The Morgan fingerprint density at radius 2 is 1.39 bits per heavy atom. The number of carbonyl (C=O) groups is 2. The first-order valence-electron chi connectivity index (χ1n) is 17.7. The van der Waals surface area contributed by atoms with Crippen molar-refractivity contribution >= 4 is 11.9 Å². The summed E-state index contributed by atoms with van der Waals surface area (Å²) < 4.78 is 26.4. The molecule has 1 aliphatic heterocycles. The van der Waals surface area contributed by atoms with E-state index in [0.29, 0.717) is 42.1 Å². The highest BCUT2D eigenvalue weighted by atomic mass is 16.6. The Kier molecular flexibility index (Phi) is 6.56. The zero-order valence-corrected chi connectivity index (χ0v) is 27.7. The number of carbonyl (C=O) groups excluding carboxylic acids is 2. The van der Waals surface area contributed by atoms with Crippen LogP contribution in [0.4, 0.5) is 0 Å². The first-order valence-corrected chi connectivity index (χ1v) is 17.7. The number of methoxy groups -OCH3 is 1. The van der Waals surface area contributed by atoms with Gasteiger partial charge in [0.2, 0.25) is 0 Å². The SMILES string of the molecule is COC[C@]12[C@H]3O[C@@H]4[C@@H]5c6ccccc6[C@H]3[C@@]1(C(=O)O[C@@H]1C[C@H](C)CC[C@H]1C(C)C)[C@]5(C(=O)O[C@@H]1C[C@H](C)CC[C@H]1C(C)C)[C@@H]42. The summed E-state index contributed by atoms with van der Waals surface area (Å²) in [5.74, 6) is 1.69. The van der Waals surface area contributed by atoms with E-state index < -0.39 is 16.2 Å². The van der Waals surface area contributed by atoms with Crippen LogP contribution in [0.3, 0.4) is 0 Å². The fourth-order valence-corrected chi connectivity index (χ4v) is 12.7. The van der Waals surface area contributed by atoms with E-state index in [2.05, 4.69) is 65.8 Å². The molecule has 14 atom stereocenters. The predicted octanol–water partition coefficient (Wildman–Crippen LogP) is 6.91. The van der Waals surface area contributed by atoms with Gasteiger partial charge in [0.05, 0.1) is 18.8 Å². The molecule has 0 N–H and O–H groups in total. The molecule has 6 heteroatoms. The van der Waals surface area contributed by atoms with Crippen LogP contribution in [0.5, 0.6) is 0 Å². The Morgan fingerprint density at radius 3 is 1.93 bits per heavy atom. The second-order valence-electron chi connectivity index (χ2n) is 16.8. The minimum absolute atomic E-state index is 0.0840. The Labute approximate surface area is 263 Å². The second-order valence-corrected chi connectivity index (χ2v) is 16.8. The van der Waals surface area contributed by atoms with E-state index in [1.165, 1.54) is 24.0 Å². The molecular formula is C38H52O6. The van der Waals surface area contributed by atoms with Gasteiger partial charge in [-0.1, -0.05) is 78.6 Å². The third-order valence-electron chi connectivity index (χ3n) is 14.3. The van der Waals surface area contributed by atoms with Crippen LogP contribution in [0.15, 0.2) is 24.3 Å². The third kappa shape index (κ3) is 3.16. The molecule has 7 aliphatic rings. The number of hydrogen-bond acceptors (Lipinski definition) is 6. The molecule has 0 aromatic heterocycles. The average molecular weight is 605 g/mol. The van der Waals surface area contributed by atoms with Crippen molar-refractivity contribution in [3.8, 4) is 0 Å². The lowest BCUT2D eigenvalue weighted by Crippen LogP contribution is -2.96. The summed E-state index contributed by atoms with van der Waals surface area (Å²) in [6.07, 6.45) is 5.75. The topological polar surface area (TPSA) is 71.1 Å². The first kappa shape index (κ1) is 29.5. The fraction of sp³-hybridized carbons (Fsp3) is 0.789. The molecule has 6 aliphatic carbocycles. The maximum atomic E-state index is 15.3. The van der Waals surface area contributed by atoms with Crippen molar-refractivity contribution in [2.45, 2.75) is 116 Å². The molecule has 0 spiro atoms. The van der Waals surface area contributed by atoms with Crippen molar-refractivity contribution in [1.29, 1.82) is 0 Å². The highest BCUT2D eigenvalue weighted by Gasteiger charge is 3.08.